The number of carbonyl (C=O) groups is 1. The fraction of sp³-hybridized carbons (Fsp3) is 0.0833. The van der Waals surface area contributed by atoms with Crippen molar-refractivity contribution in [1.29, 1.82) is 5.26 Å². The molecule has 2 rings (SSSR count). The van der Waals surface area contributed by atoms with Crippen LogP contribution in [0.4, 0.5) is 5.69 Å². The Morgan fingerprint density at radius 1 is 1.53 bits per heavy atom. The van der Waals surface area contributed by atoms with Crippen molar-refractivity contribution in [2.75, 3.05) is 5.32 Å². The maximum atomic E-state index is 11.7. The summed E-state index contributed by atoms with van der Waals surface area (Å²) >= 11 is 0. The van der Waals surface area contributed by atoms with Crippen LogP contribution in [0, 0.1) is 18.3 Å². The Hall–Kier alpha value is -2.61. The lowest BCUT2D eigenvalue weighted by Crippen LogP contribution is -2.12. The molecule has 1 aromatic heterocycles. The van der Waals surface area contributed by atoms with Crippen LogP contribution < -0.4 is 5.32 Å². The SMILES string of the molecule is Cc1nc(C(=O)Nc2cccc(C#N)c2)co1. The number of rotatable bonds is 2. The smallest absolute Gasteiger partial charge is 0.277 e. The highest BCUT2D eigenvalue weighted by Gasteiger charge is 2.10. The molecule has 0 aliphatic carbocycles. The van der Waals surface area contributed by atoms with Crippen LogP contribution in [0.5, 0.6) is 0 Å². The first-order chi connectivity index (χ1) is 8.19. The van der Waals surface area contributed by atoms with Crippen molar-refractivity contribution in [3.63, 3.8) is 0 Å². The Morgan fingerprint density at radius 2 is 2.35 bits per heavy atom. The quantitative estimate of drug-likeness (QED) is 0.852. The normalized spacial score (nSPS) is 9.65. The maximum absolute atomic E-state index is 11.7. The Bertz CT molecular complexity index is 596. The van der Waals surface area contributed by atoms with Gasteiger partial charge in [-0.15, -0.1) is 0 Å². The van der Waals surface area contributed by atoms with E-state index in [1.54, 1.807) is 31.2 Å². The number of oxazole rings is 1. The molecule has 2 aromatic rings. The summed E-state index contributed by atoms with van der Waals surface area (Å²) in [5.41, 5.74) is 1.25. The van der Waals surface area contributed by atoms with E-state index in [0.717, 1.165) is 0 Å². The number of hydrogen-bond donors (Lipinski definition) is 1. The van der Waals surface area contributed by atoms with Crippen molar-refractivity contribution in [3.8, 4) is 6.07 Å². The number of amides is 1. The van der Waals surface area contributed by atoms with Gasteiger partial charge in [0, 0.05) is 12.6 Å². The third-order valence-corrected chi connectivity index (χ3v) is 2.10. The molecule has 1 N–H and O–H groups in total. The number of aromatic nitrogens is 1. The Balaban J connectivity index is 2.16. The summed E-state index contributed by atoms with van der Waals surface area (Å²) in [6.07, 6.45) is 1.29. The highest BCUT2D eigenvalue weighted by atomic mass is 16.3. The van der Waals surface area contributed by atoms with Crippen LogP contribution in [0.15, 0.2) is 34.9 Å². The number of nitrogens with one attached hydrogen (secondary N) is 1. The lowest BCUT2D eigenvalue weighted by atomic mass is 10.2. The van der Waals surface area contributed by atoms with Gasteiger partial charge in [0.05, 0.1) is 11.6 Å². The highest BCUT2D eigenvalue weighted by molar-refractivity contribution is 6.02. The first-order valence-corrected chi connectivity index (χ1v) is 4.92. The van der Waals surface area contributed by atoms with Gasteiger partial charge >= 0.3 is 0 Å². The predicted octanol–water partition coefficient (Wildman–Crippen LogP) is 2.11. The molecule has 0 saturated heterocycles. The third-order valence-electron chi connectivity index (χ3n) is 2.10. The van der Waals surface area contributed by atoms with Crippen molar-refractivity contribution in [2.45, 2.75) is 6.92 Å². The summed E-state index contributed by atoms with van der Waals surface area (Å²) in [4.78, 5) is 15.6. The molecule has 1 aromatic carbocycles. The zero-order valence-corrected chi connectivity index (χ0v) is 9.10. The molecule has 5 heteroatoms. The van der Waals surface area contributed by atoms with Gasteiger partial charge in [-0.2, -0.15) is 5.26 Å². The average molecular weight is 227 g/mol. The third kappa shape index (κ3) is 2.49. The van der Waals surface area contributed by atoms with Gasteiger partial charge in [0.15, 0.2) is 11.6 Å². The minimum atomic E-state index is -0.364. The minimum Gasteiger partial charge on any atom is -0.448 e. The molecule has 5 nitrogen and oxygen atoms in total. The zero-order valence-electron chi connectivity index (χ0n) is 9.10. The summed E-state index contributed by atoms with van der Waals surface area (Å²) in [6.45, 7) is 1.66. The second-order valence-electron chi connectivity index (χ2n) is 3.40. The number of nitrogens with zero attached hydrogens (tertiary/aromatic N) is 2. The molecular formula is C12H9N3O2. The molecule has 0 aliphatic heterocycles. The van der Waals surface area contributed by atoms with Crippen molar-refractivity contribution in [1.82, 2.24) is 4.98 Å². The highest BCUT2D eigenvalue weighted by Crippen LogP contribution is 2.11. The number of hydrogen-bond acceptors (Lipinski definition) is 4. The van der Waals surface area contributed by atoms with E-state index >= 15 is 0 Å². The van der Waals surface area contributed by atoms with Crippen LogP contribution in [0.25, 0.3) is 0 Å². The van der Waals surface area contributed by atoms with Crippen LogP contribution in [-0.2, 0) is 0 Å². The molecule has 0 unspecified atom stereocenters. The number of benzene rings is 1. The summed E-state index contributed by atoms with van der Waals surface area (Å²) in [7, 11) is 0. The van der Waals surface area contributed by atoms with Gasteiger partial charge in [0.1, 0.15) is 6.26 Å². The average Bonchev–Trinajstić information content (AvgIpc) is 2.76. The fourth-order valence-corrected chi connectivity index (χ4v) is 1.33. The van der Waals surface area contributed by atoms with Gasteiger partial charge < -0.3 is 9.73 Å². The van der Waals surface area contributed by atoms with Crippen molar-refractivity contribution in [2.24, 2.45) is 0 Å². The first-order valence-electron chi connectivity index (χ1n) is 4.92. The largest absolute Gasteiger partial charge is 0.448 e. The van der Waals surface area contributed by atoms with E-state index in [1.807, 2.05) is 6.07 Å². The van der Waals surface area contributed by atoms with Crippen LogP contribution in [0.1, 0.15) is 21.9 Å². The Kier molecular flexibility index (Phi) is 2.88. The molecule has 1 amide bonds. The van der Waals surface area contributed by atoms with E-state index in [0.29, 0.717) is 17.1 Å². The van der Waals surface area contributed by atoms with E-state index in [1.165, 1.54) is 6.26 Å². The number of aryl methyl sites for hydroxylation is 1. The van der Waals surface area contributed by atoms with Crippen molar-refractivity contribution < 1.29 is 9.21 Å². The summed E-state index contributed by atoms with van der Waals surface area (Å²) in [5.74, 6) is 0.0675. The Morgan fingerprint density at radius 3 is 3.00 bits per heavy atom. The second kappa shape index (κ2) is 4.49. The van der Waals surface area contributed by atoms with E-state index in [9.17, 15) is 4.79 Å². The standard InChI is InChI=1S/C12H9N3O2/c1-8-14-11(7-17-8)12(16)15-10-4-2-3-9(5-10)6-13/h2-5,7H,1H3,(H,15,16). The monoisotopic (exact) mass is 227 g/mol. The van der Waals surface area contributed by atoms with E-state index < -0.39 is 0 Å². The van der Waals surface area contributed by atoms with Gasteiger partial charge in [-0.1, -0.05) is 6.07 Å². The van der Waals surface area contributed by atoms with E-state index in [4.69, 9.17) is 9.68 Å². The summed E-state index contributed by atoms with van der Waals surface area (Å²) < 4.78 is 4.94. The molecule has 84 valence electrons. The first kappa shape index (κ1) is 10.9. The van der Waals surface area contributed by atoms with Crippen molar-refractivity contribution in [3.05, 3.63) is 47.7 Å². The molecule has 1 heterocycles. The zero-order chi connectivity index (χ0) is 12.3. The number of carbonyl (C=O) groups excluding carboxylic acids is 1. The van der Waals surface area contributed by atoms with Gasteiger partial charge in [0.25, 0.3) is 5.91 Å². The van der Waals surface area contributed by atoms with Gasteiger partial charge in [0.2, 0.25) is 0 Å². The summed E-state index contributed by atoms with van der Waals surface area (Å²) in [6, 6.07) is 8.65. The minimum absolute atomic E-state index is 0.213. The van der Waals surface area contributed by atoms with Gasteiger partial charge in [-0.3, -0.25) is 4.79 Å². The molecule has 0 saturated carbocycles. The van der Waals surface area contributed by atoms with E-state index in [-0.39, 0.29) is 11.6 Å². The molecule has 0 aliphatic rings. The van der Waals surface area contributed by atoms with Crippen LogP contribution in [0.3, 0.4) is 0 Å². The van der Waals surface area contributed by atoms with Crippen LogP contribution in [0.2, 0.25) is 0 Å². The lowest BCUT2D eigenvalue weighted by molar-refractivity contribution is 0.102. The molecule has 17 heavy (non-hydrogen) atoms. The molecule has 0 bridgehead atoms. The molecule has 0 radical (unpaired) electrons. The molecular weight excluding hydrogens is 218 g/mol. The molecule has 0 fully saturated rings. The van der Waals surface area contributed by atoms with Gasteiger partial charge in [-0.05, 0) is 18.2 Å². The Labute approximate surface area is 97.7 Å². The predicted molar refractivity (Wildman–Crippen MR) is 60.4 cm³/mol. The van der Waals surface area contributed by atoms with Crippen molar-refractivity contribution >= 4 is 11.6 Å². The summed E-state index contributed by atoms with van der Waals surface area (Å²) in [5, 5.41) is 11.4. The molecule has 0 spiro atoms. The van der Waals surface area contributed by atoms with E-state index in [2.05, 4.69) is 10.3 Å². The number of nitriles is 1. The molecule has 0 atom stereocenters. The fourth-order valence-electron chi connectivity index (χ4n) is 1.33. The van der Waals surface area contributed by atoms with Gasteiger partial charge in [-0.25, -0.2) is 4.98 Å². The topological polar surface area (TPSA) is 78.9 Å². The van der Waals surface area contributed by atoms with Crippen LogP contribution >= 0.6 is 0 Å². The number of anilines is 1. The maximum Gasteiger partial charge on any atom is 0.277 e. The second-order valence-corrected chi connectivity index (χ2v) is 3.40. The van der Waals surface area contributed by atoms with Crippen LogP contribution in [-0.4, -0.2) is 10.9 Å². The lowest BCUT2D eigenvalue weighted by Gasteiger charge is -2.02.